The fraction of sp³-hybridized carbons (Fsp3) is 0.500. The van der Waals surface area contributed by atoms with E-state index in [0.29, 0.717) is 19.1 Å². The van der Waals surface area contributed by atoms with Crippen LogP contribution in [0.2, 0.25) is 0 Å². The first-order valence-electron chi connectivity index (χ1n) is 6.21. The van der Waals surface area contributed by atoms with Crippen molar-refractivity contribution in [2.45, 2.75) is 12.8 Å². The Kier molecular flexibility index (Phi) is 3.87. The van der Waals surface area contributed by atoms with E-state index in [1.165, 1.54) is 5.56 Å². The molecule has 4 nitrogen and oxygen atoms in total. The van der Waals surface area contributed by atoms with Crippen LogP contribution in [0.15, 0.2) is 24.3 Å². The summed E-state index contributed by atoms with van der Waals surface area (Å²) in [7, 11) is 1.96. The smallest absolute Gasteiger partial charge is 0.307 e. The molecule has 0 fully saturated rings. The van der Waals surface area contributed by atoms with Crippen LogP contribution < -0.4 is 4.74 Å². The van der Waals surface area contributed by atoms with Gasteiger partial charge in [-0.25, -0.2) is 0 Å². The number of aliphatic carboxylic acids is 1. The molecule has 1 heterocycles. The number of para-hydroxylation sites is 1. The minimum Gasteiger partial charge on any atom is -0.493 e. The van der Waals surface area contributed by atoms with Gasteiger partial charge in [0.15, 0.2) is 0 Å². The number of carboxylic acid groups (broad SMARTS) is 1. The van der Waals surface area contributed by atoms with E-state index in [1.54, 1.807) is 6.92 Å². The van der Waals surface area contributed by atoms with Crippen LogP contribution in [0.4, 0.5) is 0 Å². The third-order valence-electron chi connectivity index (χ3n) is 3.34. The molecule has 2 rings (SSSR count). The Bertz CT molecular complexity index is 433. The Hall–Kier alpha value is -1.55. The van der Waals surface area contributed by atoms with E-state index in [2.05, 4.69) is 11.0 Å². The Morgan fingerprint density at radius 1 is 1.56 bits per heavy atom. The van der Waals surface area contributed by atoms with Crippen molar-refractivity contribution in [1.82, 2.24) is 4.90 Å². The molecule has 0 radical (unpaired) electrons. The van der Waals surface area contributed by atoms with E-state index >= 15 is 0 Å². The molecule has 98 valence electrons. The first kappa shape index (κ1) is 12.9. The van der Waals surface area contributed by atoms with Gasteiger partial charge in [-0.05, 0) is 13.1 Å². The zero-order chi connectivity index (χ0) is 13.1. The Morgan fingerprint density at radius 3 is 3.00 bits per heavy atom. The van der Waals surface area contributed by atoms with Crippen molar-refractivity contribution < 1.29 is 14.6 Å². The molecule has 0 amide bonds. The first-order valence-corrected chi connectivity index (χ1v) is 6.21. The van der Waals surface area contributed by atoms with Crippen LogP contribution >= 0.6 is 0 Å². The summed E-state index contributed by atoms with van der Waals surface area (Å²) >= 11 is 0. The van der Waals surface area contributed by atoms with E-state index in [9.17, 15) is 4.79 Å². The van der Waals surface area contributed by atoms with E-state index in [1.807, 2.05) is 25.2 Å². The van der Waals surface area contributed by atoms with Gasteiger partial charge in [0.1, 0.15) is 5.75 Å². The largest absolute Gasteiger partial charge is 0.493 e. The number of likely N-dealkylation sites (N-methyl/N-ethyl adjacent to an activating group) is 1. The molecule has 0 aromatic heterocycles. The van der Waals surface area contributed by atoms with E-state index in [0.717, 1.165) is 12.3 Å². The lowest BCUT2D eigenvalue weighted by atomic mass is 10.0. The predicted molar refractivity (Wildman–Crippen MR) is 69.0 cm³/mol. The lowest BCUT2D eigenvalue weighted by Crippen LogP contribution is -2.32. The summed E-state index contributed by atoms with van der Waals surface area (Å²) in [6.07, 6.45) is 0. The summed E-state index contributed by atoms with van der Waals surface area (Å²) in [6.45, 7) is 3.81. The highest BCUT2D eigenvalue weighted by Crippen LogP contribution is 2.33. The van der Waals surface area contributed by atoms with Gasteiger partial charge in [-0.1, -0.05) is 25.1 Å². The standard InChI is InChI=1S/C14H19NO3/c1-10(14(16)17)7-15(2)8-11-9-18-13-6-4-3-5-12(11)13/h3-6,10-11H,7-9H2,1-2H3,(H,16,17). The van der Waals surface area contributed by atoms with Crippen LogP contribution in [-0.2, 0) is 4.79 Å². The zero-order valence-electron chi connectivity index (χ0n) is 10.8. The monoisotopic (exact) mass is 249 g/mol. The summed E-state index contributed by atoms with van der Waals surface area (Å²) in [4.78, 5) is 12.9. The number of carboxylic acids is 1. The molecule has 0 saturated carbocycles. The molecule has 0 aliphatic carbocycles. The Morgan fingerprint density at radius 2 is 2.28 bits per heavy atom. The molecular formula is C14H19NO3. The van der Waals surface area contributed by atoms with Crippen LogP contribution in [0, 0.1) is 5.92 Å². The normalized spacial score (nSPS) is 19.4. The van der Waals surface area contributed by atoms with Crippen molar-refractivity contribution in [2.75, 3.05) is 26.7 Å². The van der Waals surface area contributed by atoms with Gasteiger partial charge in [-0.2, -0.15) is 0 Å². The maximum atomic E-state index is 10.8. The average molecular weight is 249 g/mol. The molecule has 1 N–H and O–H groups in total. The number of hydrogen-bond acceptors (Lipinski definition) is 3. The molecule has 1 aliphatic rings. The summed E-state index contributed by atoms with van der Waals surface area (Å²) in [5.74, 6) is 0.215. The summed E-state index contributed by atoms with van der Waals surface area (Å²) < 4.78 is 5.62. The fourth-order valence-electron chi connectivity index (χ4n) is 2.38. The highest BCUT2D eigenvalue weighted by molar-refractivity contribution is 5.69. The second kappa shape index (κ2) is 5.40. The van der Waals surface area contributed by atoms with Crippen molar-refractivity contribution in [3.63, 3.8) is 0 Å². The minimum absolute atomic E-state index is 0.340. The molecule has 2 unspecified atom stereocenters. The molecule has 18 heavy (non-hydrogen) atoms. The van der Waals surface area contributed by atoms with Crippen LogP contribution in [-0.4, -0.2) is 42.7 Å². The van der Waals surface area contributed by atoms with Gasteiger partial charge in [0, 0.05) is 24.6 Å². The molecule has 0 bridgehead atoms. The highest BCUT2D eigenvalue weighted by Gasteiger charge is 2.25. The van der Waals surface area contributed by atoms with Crippen molar-refractivity contribution in [2.24, 2.45) is 5.92 Å². The van der Waals surface area contributed by atoms with Crippen molar-refractivity contribution in [1.29, 1.82) is 0 Å². The molecule has 1 aromatic rings. The lowest BCUT2D eigenvalue weighted by molar-refractivity contribution is -0.141. The molecule has 1 aromatic carbocycles. The van der Waals surface area contributed by atoms with Gasteiger partial charge >= 0.3 is 5.97 Å². The third-order valence-corrected chi connectivity index (χ3v) is 3.34. The summed E-state index contributed by atoms with van der Waals surface area (Å²) in [5.41, 5.74) is 1.23. The van der Waals surface area contributed by atoms with Gasteiger partial charge in [0.05, 0.1) is 12.5 Å². The third kappa shape index (κ3) is 2.82. The molecule has 1 aliphatic heterocycles. The number of rotatable bonds is 5. The fourth-order valence-corrected chi connectivity index (χ4v) is 2.38. The molecule has 4 heteroatoms. The van der Waals surface area contributed by atoms with Crippen LogP contribution in [0.25, 0.3) is 0 Å². The van der Waals surface area contributed by atoms with Gasteiger partial charge in [-0.3, -0.25) is 4.79 Å². The zero-order valence-corrected chi connectivity index (χ0v) is 10.8. The van der Waals surface area contributed by atoms with Gasteiger partial charge in [-0.15, -0.1) is 0 Å². The van der Waals surface area contributed by atoms with E-state index in [-0.39, 0.29) is 5.92 Å². The second-order valence-corrected chi connectivity index (χ2v) is 5.01. The van der Waals surface area contributed by atoms with E-state index in [4.69, 9.17) is 9.84 Å². The van der Waals surface area contributed by atoms with Crippen LogP contribution in [0.1, 0.15) is 18.4 Å². The van der Waals surface area contributed by atoms with Crippen LogP contribution in [0.5, 0.6) is 5.75 Å². The maximum Gasteiger partial charge on any atom is 0.307 e. The lowest BCUT2D eigenvalue weighted by Gasteiger charge is -2.22. The summed E-state index contributed by atoms with van der Waals surface area (Å²) in [6, 6.07) is 8.05. The maximum absolute atomic E-state index is 10.8. The topological polar surface area (TPSA) is 49.8 Å². The predicted octanol–water partition coefficient (Wildman–Crippen LogP) is 1.82. The average Bonchev–Trinajstić information content (AvgIpc) is 2.72. The van der Waals surface area contributed by atoms with E-state index < -0.39 is 5.97 Å². The first-order chi connectivity index (χ1) is 8.58. The number of nitrogens with zero attached hydrogens (tertiary/aromatic N) is 1. The van der Waals surface area contributed by atoms with Crippen LogP contribution in [0.3, 0.4) is 0 Å². The minimum atomic E-state index is -0.745. The van der Waals surface area contributed by atoms with Crippen molar-refractivity contribution in [3.8, 4) is 5.75 Å². The number of hydrogen-bond donors (Lipinski definition) is 1. The van der Waals surface area contributed by atoms with Gasteiger partial charge < -0.3 is 14.7 Å². The summed E-state index contributed by atoms with van der Waals surface area (Å²) in [5, 5.41) is 8.90. The number of ether oxygens (including phenoxy) is 1. The number of fused-ring (bicyclic) bond motifs is 1. The Balaban J connectivity index is 1.93. The SMILES string of the molecule is CC(CN(C)CC1COc2ccccc21)C(=O)O. The molecule has 2 atom stereocenters. The van der Waals surface area contributed by atoms with Crippen molar-refractivity contribution in [3.05, 3.63) is 29.8 Å². The van der Waals surface area contributed by atoms with Gasteiger partial charge in [0.2, 0.25) is 0 Å². The quantitative estimate of drug-likeness (QED) is 0.864. The number of carbonyl (C=O) groups is 1. The highest BCUT2D eigenvalue weighted by atomic mass is 16.5. The molecular weight excluding hydrogens is 230 g/mol. The molecule has 0 spiro atoms. The second-order valence-electron chi connectivity index (χ2n) is 5.01. The van der Waals surface area contributed by atoms with Crippen molar-refractivity contribution >= 4 is 5.97 Å². The molecule has 0 saturated heterocycles. The Labute approximate surface area is 107 Å². The van der Waals surface area contributed by atoms with Gasteiger partial charge in [0.25, 0.3) is 0 Å². The number of benzene rings is 1.